The zero-order valence-corrected chi connectivity index (χ0v) is 19.5. The first-order chi connectivity index (χ1) is 17.1. The average molecular weight is 467 g/mol. The Morgan fingerprint density at radius 2 is 1.77 bits per heavy atom. The number of para-hydroxylation sites is 1. The highest BCUT2D eigenvalue weighted by atomic mass is 16.5. The van der Waals surface area contributed by atoms with Crippen LogP contribution in [0.3, 0.4) is 0 Å². The fraction of sp³-hybridized carbons (Fsp3) is 0.214. The molecule has 5 rings (SSSR count). The number of fused-ring (bicyclic) bond motifs is 2. The van der Waals surface area contributed by atoms with E-state index < -0.39 is 18.5 Å². The lowest BCUT2D eigenvalue weighted by molar-refractivity contribution is -0.119. The molecule has 0 spiro atoms. The van der Waals surface area contributed by atoms with Gasteiger partial charge >= 0.3 is 5.97 Å². The summed E-state index contributed by atoms with van der Waals surface area (Å²) < 4.78 is 5.49. The second kappa shape index (κ2) is 10.0. The van der Waals surface area contributed by atoms with Crippen molar-refractivity contribution in [3.05, 3.63) is 101 Å². The number of amides is 1. The zero-order valence-electron chi connectivity index (χ0n) is 19.5. The summed E-state index contributed by atoms with van der Waals surface area (Å²) in [5.74, 6) is -0.530. The van der Waals surface area contributed by atoms with E-state index >= 15 is 0 Å². The van der Waals surface area contributed by atoms with E-state index in [1.165, 1.54) is 5.56 Å². The molecule has 0 saturated heterocycles. The minimum atomic E-state index is -0.520. The summed E-state index contributed by atoms with van der Waals surface area (Å²) in [7, 11) is 0. The number of carbonyl (C=O) groups excluding carboxylic acids is 2. The molecule has 2 aromatic heterocycles. The maximum absolute atomic E-state index is 13.3. The van der Waals surface area contributed by atoms with E-state index in [0.29, 0.717) is 17.9 Å². The van der Waals surface area contributed by atoms with Gasteiger partial charge in [-0.1, -0.05) is 54.6 Å². The number of pyridine rings is 2. The predicted molar refractivity (Wildman–Crippen MR) is 134 cm³/mol. The van der Waals surface area contributed by atoms with Crippen LogP contribution in [0.5, 0.6) is 0 Å². The van der Waals surface area contributed by atoms with Crippen LogP contribution in [0.1, 0.15) is 32.9 Å². The Balaban J connectivity index is 1.38. The van der Waals surface area contributed by atoms with Crippen LogP contribution in [0, 0.1) is 6.92 Å². The number of anilines is 1. The molecule has 35 heavy (non-hydrogen) atoms. The topological polar surface area (TPSA) is 84.4 Å². The first-order valence-electron chi connectivity index (χ1n) is 11.6. The average Bonchev–Trinajstić information content (AvgIpc) is 2.86. The Bertz CT molecular complexity index is 1390. The molecule has 0 saturated carbocycles. The first kappa shape index (κ1) is 22.7. The third-order valence-corrected chi connectivity index (χ3v) is 6.07. The van der Waals surface area contributed by atoms with E-state index in [2.05, 4.69) is 27.3 Å². The highest BCUT2D eigenvalue weighted by molar-refractivity contribution is 6.06. The lowest BCUT2D eigenvalue weighted by atomic mass is 9.95. The van der Waals surface area contributed by atoms with Gasteiger partial charge in [0.25, 0.3) is 5.91 Å². The number of carbonyl (C=O) groups is 2. The second-order valence-electron chi connectivity index (χ2n) is 8.66. The van der Waals surface area contributed by atoms with E-state index in [9.17, 15) is 9.59 Å². The molecular formula is C28H26N4O3. The summed E-state index contributed by atoms with van der Waals surface area (Å²) in [6.45, 7) is 3.68. The van der Waals surface area contributed by atoms with Crippen molar-refractivity contribution in [3.63, 3.8) is 0 Å². The molecule has 0 radical (unpaired) electrons. The van der Waals surface area contributed by atoms with Gasteiger partial charge in [0, 0.05) is 48.4 Å². The molecule has 0 bridgehead atoms. The van der Waals surface area contributed by atoms with Gasteiger partial charge in [0.15, 0.2) is 6.61 Å². The van der Waals surface area contributed by atoms with Crippen molar-refractivity contribution < 1.29 is 14.3 Å². The smallest absolute Gasteiger partial charge is 0.339 e. The molecule has 176 valence electrons. The predicted octanol–water partition coefficient (Wildman–Crippen LogP) is 4.29. The van der Waals surface area contributed by atoms with E-state index in [4.69, 9.17) is 9.72 Å². The number of aryl methyl sites for hydroxylation is 1. The molecule has 7 heteroatoms. The van der Waals surface area contributed by atoms with Crippen LogP contribution in [0.4, 0.5) is 5.82 Å². The van der Waals surface area contributed by atoms with E-state index in [1.807, 2.05) is 55.5 Å². The lowest BCUT2D eigenvalue weighted by Crippen LogP contribution is -2.32. The maximum atomic E-state index is 13.3. The molecule has 2 aromatic carbocycles. The molecule has 7 nitrogen and oxygen atoms in total. The molecule has 0 unspecified atom stereocenters. The summed E-state index contributed by atoms with van der Waals surface area (Å²) in [5.41, 5.74) is 5.03. The van der Waals surface area contributed by atoms with Gasteiger partial charge in [-0.3, -0.25) is 14.7 Å². The maximum Gasteiger partial charge on any atom is 0.339 e. The van der Waals surface area contributed by atoms with Crippen LogP contribution in [0.2, 0.25) is 0 Å². The van der Waals surface area contributed by atoms with E-state index in [-0.39, 0.29) is 0 Å². The minimum absolute atomic E-state index is 0.395. The number of hydrogen-bond donors (Lipinski definition) is 1. The third-order valence-electron chi connectivity index (χ3n) is 6.07. The normalized spacial score (nSPS) is 13.3. The van der Waals surface area contributed by atoms with E-state index in [1.54, 1.807) is 12.1 Å². The molecule has 4 aromatic rings. The summed E-state index contributed by atoms with van der Waals surface area (Å²) >= 11 is 0. The molecule has 0 atom stereocenters. The van der Waals surface area contributed by atoms with Crippen LogP contribution < -0.4 is 5.32 Å². The monoisotopic (exact) mass is 466 g/mol. The number of nitrogens with one attached hydrogen (secondary N) is 1. The Morgan fingerprint density at radius 3 is 2.60 bits per heavy atom. The van der Waals surface area contributed by atoms with Crippen molar-refractivity contribution in [1.29, 1.82) is 0 Å². The van der Waals surface area contributed by atoms with Crippen LogP contribution >= 0.6 is 0 Å². The second-order valence-corrected chi connectivity index (χ2v) is 8.66. The van der Waals surface area contributed by atoms with Gasteiger partial charge in [0.2, 0.25) is 0 Å². The van der Waals surface area contributed by atoms with Crippen LogP contribution in [0.15, 0.2) is 72.8 Å². The fourth-order valence-corrected chi connectivity index (χ4v) is 4.45. The van der Waals surface area contributed by atoms with Gasteiger partial charge in [-0.15, -0.1) is 0 Å². The Hall–Kier alpha value is -4.10. The quantitative estimate of drug-likeness (QED) is 0.427. The molecular weight excluding hydrogens is 440 g/mol. The molecule has 1 aliphatic heterocycles. The van der Waals surface area contributed by atoms with Crippen molar-refractivity contribution in [1.82, 2.24) is 14.9 Å². The molecule has 1 aliphatic rings. The SMILES string of the molecule is Cc1cccc(NC(=O)COC(=O)c2c3c(nc4ccccc24)CCN(Cc2ccccc2)C3)n1. The van der Waals surface area contributed by atoms with E-state index in [0.717, 1.165) is 47.4 Å². The summed E-state index contributed by atoms with van der Waals surface area (Å²) in [4.78, 5) is 37.2. The lowest BCUT2D eigenvalue weighted by Gasteiger charge is -2.30. The largest absolute Gasteiger partial charge is 0.452 e. The number of benzene rings is 2. The molecule has 0 aliphatic carbocycles. The zero-order chi connectivity index (χ0) is 24.2. The minimum Gasteiger partial charge on any atom is -0.452 e. The number of rotatable bonds is 6. The van der Waals surface area contributed by atoms with Crippen molar-refractivity contribution >= 4 is 28.6 Å². The van der Waals surface area contributed by atoms with Crippen molar-refractivity contribution in [3.8, 4) is 0 Å². The Morgan fingerprint density at radius 1 is 0.971 bits per heavy atom. The van der Waals surface area contributed by atoms with Crippen LogP contribution in [-0.4, -0.2) is 39.9 Å². The van der Waals surface area contributed by atoms with Gasteiger partial charge in [-0.25, -0.2) is 9.78 Å². The van der Waals surface area contributed by atoms with Crippen molar-refractivity contribution in [2.24, 2.45) is 0 Å². The highest BCUT2D eigenvalue weighted by Gasteiger charge is 2.27. The number of hydrogen-bond acceptors (Lipinski definition) is 6. The van der Waals surface area contributed by atoms with Gasteiger partial charge in [-0.05, 0) is 30.7 Å². The molecule has 0 fully saturated rings. The van der Waals surface area contributed by atoms with Gasteiger partial charge < -0.3 is 10.1 Å². The standard InChI is InChI=1S/C28H26N4O3/c1-19-8-7-13-25(29-19)31-26(33)18-35-28(34)27-21-11-5-6-12-23(21)30-24-14-15-32(17-22(24)27)16-20-9-3-2-4-10-20/h2-13H,14-18H2,1H3,(H,29,31,33). The summed E-state index contributed by atoms with van der Waals surface area (Å²) in [5, 5.41) is 3.41. The van der Waals surface area contributed by atoms with Gasteiger partial charge in [0.05, 0.1) is 11.1 Å². The molecule has 1 amide bonds. The number of ether oxygens (including phenoxy) is 1. The number of nitrogens with zero attached hydrogens (tertiary/aromatic N) is 3. The van der Waals surface area contributed by atoms with Crippen molar-refractivity contribution in [2.75, 3.05) is 18.5 Å². The van der Waals surface area contributed by atoms with Crippen LogP contribution in [0.25, 0.3) is 10.9 Å². The number of aromatic nitrogens is 2. The molecule has 3 heterocycles. The molecule has 1 N–H and O–H groups in total. The fourth-order valence-electron chi connectivity index (χ4n) is 4.45. The van der Waals surface area contributed by atoms with Gasteiger partial charge in [-0.2, -0.15) is 0 Å². The summed E-state index contributed by atoms with van der Waals surface area (Å²) in [6, 6.07) is 23.2. The highest BCUT2D eigenvalue weighted by Crippen LogP contribution is 2.29. The summed E-state index contributed by atoms with van der Waals surface area (Å²) in [6.07, 6.45) is 0.743. The third kappa shape index (κ3) is 5.20. The Labute approximate surface area is 203 Å². The Kier molecular flexibility index (Phi) is 6.50. The van der Waals surface area contributed by atoms with Crippen molar-refractivity contribution in [2.45, 2.75) is 26.4 Å². The number of esters is 1. The van der Waals surface area contributed by atoms with Gasteiger partial charge in [0.1, 0.15) is 5.82 Å². The first-order valence-corrected chi connectivity index (χ1v) is 11.6. The van der Waals surface area contributed by atoms with Crippen LogP contribution in [-0.2, 0) is 29.0 Å².